The van der Waals surface area contributed by atoms with Gasteiger partial charge in [-0.25, -0.2) is 9.37 Å². The molecule has 0 atom stereocenters. The Morgan fingerprint density at radius 3 is 2.67 bits per heavy atom. The zero-order valence-electron chi connectivity index (χ0n) is 13.5. The van der Waals surface area contributed by atoms with Gasteiger partial charge in [0.05, 0.1) is 6.42 Å². The molecule has 0 aliphatic heterocycles. The van der Waals surface area contributed by atoms with Crippen LogP contribution in [0.3, 0.4) is 0 Å². The van der Waals surface area contributed by atoms with Crippen LogP contribution in [-0.2, 0) is 17.8 Å². The van der Waals surface area contributed by atoms with Gasteiger partial charge in [0.15, 0.2) is 0 Å². The number of carbonyl (C=O) groups excluding carboxylic acids is 1. The van der Waals surface area contributed by atoms with E-state index in [1.54, 1.807) is 18.3 Å². The Morgan fingerprint density at radius 1 is 1.17 bits per heavy atom. The molecule has 1 saturated carbocycles. The molecule has 0 bridgehead atoms. The molecule has 0 radical (unpaired) electrons. The standard InChI is InChI=1S/C19H21FN2O2/c20-16-7-5-14(6-8-16)11-18(23)22-13-15-9-10-21-19(12-15)24-17-3-1-2-4-17/h5-10,12,17H,1-4,11,13H2,(H,22,23). The highest BCUT2D eigenvalue weighted by Crippen LogP contribution is 2.23. The maximum Gasteiger partial charge on any atom is 0.224 e. The van der Waals surface area contributed by atoms with Gasteiger partial charge in [-0.05, 0) is 55.0 Å². The number of carbonyl (C=O) groups is 1. The van der Waals surface area contributed by atoms with E-state index in [2.05, 4.69) is 10.3 Å². The third-order valence-electron chi connectivity index (χ3n) is 4.16. The minimum absolute atomic E-state index is 0.100. The number of pyridine rings is 1. The molecular formula is C19H21FN2O2. The first-order valence-corrected chi connectivity index (χ1v) is 8.32. The summed E-state index contributed by atoms with van der Waals surface area (Å²) in [5.41, 5.74) is 1.74. The van der Waals surface area contributed by atoms with Crippen molar-refractivity contribution < 1.29 is 13.9 Å². The molecule has 3 rings (SSSR count). The van der Waals surface area contributed by atoms with E-state index in [0.29, 0.717) is 12.4 Å². The van der Waals surface area contributed by atoms with E-state index in [9.17, 15) is 9.18 Å². The molecule has 1 aliphatic rings. The molecule has 1 amide bonds. The summed E-state index contributed by atoms with van der Waals surface area (Å²) in [6.07, 6.45) is 6.79. The van der Waals surface area contributed by atoms with Gasteiger partial charge in [0.1, 0.15) is 11.9 Å². The molecule has 0 saturated heterocycles. The summed E-state index contributed by atoms with van der Waals surface area (Å²) in [4.78, 5) is 16.2. The zero-order chi connectivity index (χ0) is 16.8. The minimum Gasteiger partial charge on any atom is -0.474 e. The van der Waals surface area contributed by atoms with E-state index < -0.39 is 0 Å². The van der Waals surface area contributed by atoms with E-state index in [0.717, 1.165) is 24.0 Å². The van der Waals surface area contributed by atoms with Crippen molar-refractivity contribution in [3.63, 3.8) is 0 Å². The summed E-state index contributed by atoms with van der Waals surface area (Å²) in [6.45, 7) is 0.420. The average Bonchev–Trinajstić information content (AvgIpc) is 3.08. The fourth-order valence-corrected chi connectivity index (χ4v) is 2.85. The Bertz CT molecular complexity index is 682. The molecule has 0 unspecified atom stereocenters. The van der Waals surface area contributed by atoms with E-state index in [1.807, 2.05) is 12.1 Å². The highest BCUT2D eigenvalue weighted by Gasteiger charge is 2.17. The first-order valence-electron chi connectivity index (χ1n) is 8.32. The Labute approximate surface area is 141 Å². The van der Waals surface area contributed by atoms with Crippen molar-refractivity contribution in [3.8, 4) is 5.88 Å². The van der Waals surface area contributed by atoms with Gasteiger partial charge >= 0.3 is 0 Å². The predicted molar refractivity (Wildman–Crippen MR) is 89.1 cm³/mol. The lowest BCUT2D eigenvalue weighted by atomic mass is 10.1. The van der Waals surface area contributed by atoms with Crippen molar-refractivity contribution in [3.05, 3.63) is 59.5 Å². The van der Waals surface area contributed by atoms with Crippen molar-refractivity contribution in [2.45, 2.75) is 44.8 Å². The number of nitrogens with one attached hydrogen (secondary N) is 1. The topological polar surface area (TPSA) is 51.2 Å². The maximum absolute atomic E-state index is 12.9. The second-order valence-corrected chi connectivity index (χ2v) is 6.11. The summed E-state index contributed by atoms with van der Waals surface area (Å²) in [5.74, 6) is 0.217. The van der Waals surface area contributed by atoms with Gasteiger partial charge in [0.25, 0.3) is 0 Å². The van der Waals surface area contributed by atoms with Gasteiger partial charge in [0, 0.05) is 18.8 Å². The van der Waals surface area contributed by atoms with Gasteiger partial charge in [0.2, 0.25) is 11.8 Å². The maximum atomic E-state index is 12.9. The molecule has 24 heavy (non-hydrogen) atoms. The smallest absolute Gasteiger partial charge is 0.224 e. The summed E-state index contributed by atoms with van der Waals surface area (Å²) in [7, 11) is 0. The summed E-state index contributed by atoms with van der Waals surface area (Å²) in [6, 6.07) is 9.69. The number of rotatable bonds is 6. The minimum atomic E-state index is -0.300. The van der Waals surface area contributed by atoms with E-state index in [1.165, 1.54) is 25.0 Å². The molecule has 1 N–H and O–H groups in total. The molecule has 1 aromatic carbocycles. The van der Waals surface area contributed by atoms with Gasteiger partial charge in [-0.15, -0.1) is 0 Å². The molecule has 1 aromatic heterocycles. The van der Waals surface area contributed by atoms with Crippen molar-refractivity contribution in [2.24, 2.45) is 0 Å². The van der Waals surface area contributed by atoms with Crippen LogP contribution in [0.1, 0.15) is 36.8 Å². The van der Waals surface area contributed by atoms with Crippen LogP contribution >= 0.6 is 0 Å². The van der Waals surface area contributed by atoms with Crippen molar-refractivity contribution >= 4 is 5.91 Å². The van der Waals surface area contributed by atoms with Crippen molar-refractivity contribution in [1.29, 1.82) is 0 Å². The second-order valence-electron chi connectivity index (χ2n) is 6.11. The van der Waals surface area contributed by atoms with Crippen LogP contribution in [0.25, 0.3) is 0 Å². The van der Waals surface area contributed by atoms with Crippen LogP contribution in [0, 0.1) is 5.82 Å². The molecule has 126 valence electrons. The van der Waals surface area contributed by atoms with Gasteiger partial charge in [-0.3, -0.25) is 4.79 Å². The summed E-state index contributed by atoms with van der Waals surface area (Å²) < 4.78 is 18.7. The molecule has 4 nitrogen and oxygen atoms in total. The third kappa shape index (κ3) is 4.78. The molecule has 0 spiro atoms. The highest BCUT2D eigenvalue weighted by atomic mass is 19.1. The SMILES string of the molecule is O=C(Cc1ccc(F)cc1)NCc1ccnc(OC2CCCC2)c1. The van der Waals surface area contributed by atoms with E-state index in [4.69, 9.17) is 4.74 Å². The first-order chi connectivity index (χ1) is 11.7. The number of hydrogen-bond donors (Lipinski definition) is 1. The number of aromatic nitrogens is 1. The number of halogens is 1. The van der Waals surface area contributed by atoms with Crippen LogP contribution in [-0.4, -0.2) is 17.0 Å². The third-order valence-corrected chi connectivity index (χ3v) is 4.16. The normalized spacial score (nSPS) is 14.5. The largest absolute Gasteiger partial charge is 0.474 e. The Hall–Kier alpha value is -2.43. The number of hydrogen-bond acceptors (Lipinski definition) is 3. The van der Waals surface area contributed by atoms with Gasteiger partial charge in [-0.2, -0.15) is 0 Å². The average molecular weight is 328 g/mol. The van der Waals surface area contributed by atoms with Crippen LogP contribution < -0.4 is 10.1 Å². The molecule has 1 fully saturated rings. The van der Waals surface area contributed by atoms with Gasteiger partial charge < -0.3 is 10.1 Å². The Morgan fingerprint density at radius 2 is 1.92 bits per heavy atom. The molecular weight excluding hydrogens is 307 g/mol. The van der Waals surface area contributed by atoms with Crippen LogP contribution in [0.4, 0.5) is 4.39 Å². The summed E-state index contributed by atoms with van der Waals surface area (Å²) >= 11 is 0. The van der Waals surface area contributed by atoms with Crippen molar-refractivity contribution in [1.82, 2.24) is 10.3 Å². The molecule has 5 heteroatoms. The van der Waals surface area contributed by atoms with Crippen LogP contribution in [0.2, 0.25) is 0 Å². The van der Waals surface area contributed by atoms with E-state index in [-0.39, 0.29) is 24.2 Å². The number of benzene rings is 1. The molecule has 2 aromatic rings. The Balaban J connectivity index is 1.50. The van der Waals surface area contributed by atoms with Crippen LogP contribution in [0.5, 0.6) is 5.88 Å². The fraction of sp³-hybridized carbons (Fsp3) is 0.368. The molecule has 1 aliphatic carbocycles. The quantitative estimate of drug-likeness (QED) is 0.884. The Kier molecular flexibility index (Phi) is 5.41. The molecule has 1 heterocycles. The monoisotopic (exact) mass is 328 g/mol. The number of amides is 1. The predicted octanol–water partition coefficient (Wildman–Crippen LogP) is 3.40. The highest BCUT2D eigenvalue weighted by molar-refractivity contribution is 5.78. The second kappa shape index (κ2) is 7.90. The van der Waals surface area contributed by atoms with Crippen molar-refractivity contribution in [2.75, 3.05) is 0 Å². The van der Waals surface area contributed by atoms with Gasteiger partial charge in [-0.1, -0.05) is 12.1 Å². The number of ether oxygens (including phenoxy) is 1. The lowest BCUT2D eigenvalue weighted by molar-refractivity contribution is -0.120. The summed E-state index contributed by atoms with van der Waals surface area (Å²) in [5, 5.41) is 2.87. The zero-order valence-corrected chi connectivity index (χ0v) is 13.5. The van der Waals surface area contributed by atoms with E-state index >= 15 is 0 Å². The first kappa shape index (κ1) is 16.4. The number of nitrogens with zero attached hydrogens (tertiary/aromatic N) is 1. The van der Waals surface area contributed by atoms with Crippen LogP contribution in [0.15, 0.2) is 42.6 Å². The fourth-order valence-electron chi connectivity index (χ4n) is 2.85. The lowest BCUT2D eigenvalue weighted by Gasteiger charge is -2.13. The lowest BCUT2D eigenvalue weighted by Crippen LogP contribution is -2.24.